The molecule has 0 aliphatic heterocycles. The van der Waals surface area contributed by atoms with E-state index in [0.717, 1.165) is 0 Å². The molecule has 156 valence electrons. The van der Waals surface area contributed by atoms with E-state index in [1.54, 1.807) is 54.6 Å². The zero-order valence-corrected chi connectivity index (χ0v) is 16.3. The number of amides is 2. The Morgan fingerprint density at radius 3 is 2.52 bits per heavy atom. The monoisotopic (exact) mass is 419 g/mol. The van der Waals surface area contributed by atoms with E-state index in [1.165, 1.54) is 18.2 Å². The summed E-state index contributed by atoms with van der Waals surface area (Å²) in [5, 5.41) is 13.7. The van der Waals surface area contributed by atoms with Crippen LogP contribution in [0.1, 0.15) is 10.4 Å². The predicted octanol–water partition coefficient (Wildman–Crippen LogP) is 4.00. The molecule has 0 spiro atoms. The molecule has 3 aromatic rings. The molecule has 2 amide bonds. The van der Waals surface area contributed by atoms with E-state index in [-0.39, 0.29) is 23.6 Å². The summed E-state index contributed by atoms with van der Waals surface area (Å²) in [5.74, 6) is -0.948. The van der Waals surface area contributed by atoms with Gasteiger partial charge in [0.15, 0.2) is 13.2 Å². The second-order valence-corrected chi connectivity index (χ2v) is 6.24. The van der Waals surface area contributed by atoms with Gasteiger partial charge in [0.1, 0.15) is 23.4 Å². The minimum absolute atomic E-state index is 0.0422. The minimum atomic E-state index is -0.567. The zero-order valence-electron chi connectivity index (χ0n) is 16.3. The van der Waals surface area contributed by atoms with Crippen LogP contribution in [0.25, 0.3) is 0 Å². The lowest BCUT2D eigenvalue weighted by Gasteiger charge is -2.12. The van der Waals surface area contributed by atoms with Gasteiger partial charge >= 0.3 is 0 Å². The predicted molar refractivity (Wildman–Crippen MR) is 112 cm³/mol. The van der Waals surface area contributed by atoms with Crippen LogP contribution in [-0.2, 0) is 4.79 Å². The second kappa shape index (κ2) is 10.4. The lowest BCUT2D eigenvalue weighted by Crippen LogP contribution is -2.22. The number of hydrogen-bond donors (Lipinski definition) is 2. The van der Waals surface area contributed by atoms with Crippen LogP contribution in [0.3, 0.4) is 0 Å². The summed E-state index contributed by atoms with van der Waals surface area (Å²) >= 11 is 0. The number of nitriles is 1. The molecule has 0 aromatic heterocycles. The SMILES string of the molecule is N#CCOc1cccc(NC(=O)c2ccccc2OCC(=O)Nc2ccccc2F)c1. The van der Waals surface area contributed by atoms with Crippen molar-refractivity contribution in [2.75, 3.05) is 23.8 Å². The van der Waals surface area contributed by atoms with Gasteiger partial charge in [-0.25, -0.2) is 4.39 Å². The van der Waals surface area contributed by atoms with Crippen LogP contribution in [0.5, 0.6) is 11.5 Å². The van der Waals surface area contributed by atoms with E-state index in [9.17, 15) is 14.0 Å². The molecule has 0 aliphatic carbocycles. The number of ether oxygens (including phenoxy) is 2. The molecular formula is C23H18FN3O4. The highest BCUT2D eigenvalue weighted by atomic mass is 19.1. The number of carbonyl (C=O) groups excluding carboxylic acids is 2. The van der Waals surface area contributed by atoms with Crippen LogP contribution < -0.4 is 20.1 Å². The summed E-state index contributed by atoms with van der Waals surface area (Å²) in [5.41, 5.74) is 0.720. The topological polar surface area (TPSA) is 100 Å². The normalized spacial score (nSPS) is 9.94. The third-order valence-corrected chi connectivity index (χ3v) is 4.03. The van der Waals surface area contributed by atoms with Crippen LogP contribution in [0.4, 0.5) is 15.8 Å². The number of para-hydroxylation sites is 2. The van der Waals surface area contributed by atoms with Crippen molar-refractivity contribution in [1.82, 2.24) is 0 Å². The molecule has 8 heteroatoms. The Bertz CT molecular complexity index is 1130. The highest BCUT2D eigenvalue weighted by Crippen LogP contribution is 2.22. The van der Waals surface area contributed by atoms with Gasteiger partial charge in [-0.1, -0.05) is 30.3 Å². The average Bonchev–Trinajstić information content (AvgIpc) is 2.78. The molecule has 0 saturated carbocycles. The zero-order chi connectivity index (χ0) is 22.1. The fraction of sp³-hybridized carbons (Fsp3) is 0.0870. The lowest BCUT2D eigenvalue weighted by atomic mass is 10.2. The molecule has 7 nitrogen and oxygen atoms in total. The van der Waals surface area contributed by atoms with Crippen molar-refractivity contribution in [2.45, 2.75) is 0 Å². The first-order valence-electron chi connectivity index (χ1n) is 9.24. The van der Waals surface area contributed by atoms with Gasteiger partial charge < -0.3 is 20.1 Å². The van der Waals surface area contributed by atoms with E-state index in [1.807, 2.05) is 6.07 Å². The van der Waals surface area contributed by atoms with E-state index in [2.05, 4.69) is 10.6 Å². The van der Waals surface area contributed by atoms with Crippen LogP contribution in [-0.4, -0.2) is 25.0 Å². The molecule has 0 fully saturated rings. The van der Waals surface area contributed by atoms with Crippen molar-refractivity contribution in [3.8, 4) is 17.6 Å². The molecule has 0 bridgehead atoms. The maximum Gasteiger partial charge on any atom is 0.262 e. The molecule has 0 radical (unpaired) electrons. The van der Waals surface area contributed by atoms with Crippen LogP contribution >= 0.6 is 0 Å². The van der Waals surface area contributed by atoms with Crippen molar-refractivity contribution in [3.05, 3.63) is 84.2 Å². The van der Waals surface area contributed by atoms with Crippen molar-refractivity contribution in [3.63, 3.8) is 0 Å². The Morgan fingerprint density at radius 2 is 1.71 bits per heavy atom. The van der Waals surface area contributed by atoms with Crippen molar-refractivity contribution < 1.29 is 23.5 Å². The Balaban J connectivity index is 1.64. The quantitative estimate of drug-likeness (QED) is 0.575. The Labute approximate surface area is 178 Å². The van der Waals surface area contributed by atoms with Crippen molar-refractivity contribution >= 4 is 23.2 Å². The summed E-state index contributed by atoms with van der Waals surface area (Å²) in [6.07, 6.45) is 0. The fourth-order valence-electron chi connectivity index (χ4n) is 2.65. The number of rotatable bonds is 8. The summed E-state index contributed by atoms with van der Waals surface area (Å²) in [6.45, 7) is -0.515. The number of halogens is 1. The van der Waals surface area contributed by atoms with Crippen molar-refractivity contribution in [1.29, 1.82) is 5.26 Å². The van der Waals surface area contributed by atoms with Crippen LogP contribution in [0.15, 0.2) is 72.8 Å². The minimum Gasteiger partial charge on any atom is -0.483 e. The number of anilines is 2. The standard InChI is InChI=1S/C23H18FN3O4/c24-19-9-2-3-10-20(19)27-22(28)15-31-21-11-4-1-8-18(21)23(29)26-16-6-5-7-17(14-16)30-13-12-25/h1-11,14H,13,15H2,(H,26,29)(H,27,28). The second-order valence-electron chi connectivity index (χ2n) is 6.24. The fourth-order valence-corrected chi connectivity index (χ4v) is 2.65. The van der Waals surface area contributed by atoms with Gasteiger partial charge in [0.25, 0.3) is 11.8 Å². The summed E-state index contributed by atoms with van der Waals surface area (Å²) in [7, 11) is 0. The highest BCUT2D eigenvalue weighted by molar-refractivity contribution is 6.06. The van der Waals surface area contributed by atoms with Gasteiger partial charge in [0.05, 0.1) is 11.3 Å². The molecule has 0 saturated heterocycles. The average molecular weight is 419 g/mol. The maximum atomic E-state index is 13.7. The van der Waals surface area contributed by atoms with E-state index in [0.29, 0.717) is 11.4 Å². The number of nitrogens with zero attached hydrogens (tertiary/aromatic N) is 1. The summed E-state index contributed by atoms with van der Waals surface area (Å²) < 4.78 is 24.4. The van der Waals surface area contributed by atoms with Crippen LogP contribution in [0, 0.1) is 17.1 Å². The van der Waals surface area contributed by atoms with Gasteiger partial charge in [-0.05, 0) is 36.4 Å². The van der Waals surface area contributed by atoms with Gasteiger partial charge in [-0.2, -0.15) is 5.26 Å². The van der Waals surface area contributed by atoms with Crippen molar-refractivity contribution in [2.24, 2.45) is 0 Å². The molecule has 0 heterocycles. The Hall–Kier alpha value is -4.38. The molecule has 3 aromatic carbocycles. The maximum absolute atomic E-state index is 13.7. The lowest BCUT2D eigenvalue weighted by molar-refractivity contribution is -0.118. The first-order valence-corrected chi connectivity index (χ1v) is 9.24. The van der Waals surface area contributed by atoms with Gasteiger partial charge in [-0.15, -0.1) is 0 Å². The molecule has 0 unspecified atom stereocenters. The van der Waals surface area contributed by atoms with Gasteiger partial charge in [0.2, 0.25) is 0 Å². The molecule has 0 atom stereocenters. The number of hydrogen-bond acceptors (Lipinski definition) is 5. The summed E-state index contributed by atoms with van der Waals surface area (Å²) in [4.78, 5) is 24.8. The largest absolute Gasteiger partial charge is 0.483 e. The molecule has 2 N–H and O–H groups in total. The first kappa shape index (κ1) is 21.3. The Morgan fingerprint density at radius 1 is 0.935 bits per heavy atom. The molecule has 3 rings (SSSR count). The smallest absolute Gasteiger partial charge is 0.262 e. The Kier molecular flexibility index (Phi) is 7.16. The first-order chi connectivity index (χ1) is 15.1. The van der Waals surface area contributed by atoms with E-state index < -0.39 is 24.2 Å². The van der Waals surface area contributed by atoms with E-state index >= 15 is 0 Å². The van der Waals surface area contributed by atoms with Crippen LogP contribution in [0.2, 0.25) is 0 Å². The van der Waals surface area contributed by atoms with E-state index in [4.69, 9.17) is 14.7 Å². The summed E-state index contributed by atoms with van der Waals surface area (Å²) in [6, 6.07) is 20.7. The van der Waals surface area contributed by atoms with Gasteiger partial charge in [0, 0.05) is 11.8 Å². The highest BCUT2D eigenvalue weighted by Gasteiger charge is 2.14. The number of carbonyl (C=O) groups is 2. The molecule has 31 heavy (non-hydrogen) atoms. The number of benzene rings is 3. The number of nitrogens with one attached hydrogen (secondary N) is 2. The third-order valence-electron chi connectivity index (χ3n) is 4.03. The third kappa shape index (κ3) is 6.05. The van der Waals surface area contributed by atoms with Gasteiger partial charge in [-0.3, -0.25) is 9.59 Å². The molecule has 0 aliphatic rings. The molecular weight excluding hydrogens is 401 g/mol.